The number of hydrogen-bond donors (Lipinski definition) is 1. The third kappa shape index (κ3) is 2.59. The SMILES string of the molecule is Fc1cccnc1NCC1(CCCl)CC1. The van der Waals surface area contributed by atoms with Crippen molar-refractivity contribution in [3.05, 3.63) is 24.1 Å². The Morgan fingerprint density at radius 1 is 1.53 bits per heavy atom. The van der Waals surface area contributed by atoms with Crippen molar-refractivity contribution >= 4 is 17.4 Å². The molecule has 0 spiro atoms. The minimum atomic E-state index is -0.292. The third-order valence-corrected chi connectivity index (χ3v) is 3.16. The van der Waals surface area contributed by atoms with Gasteiger partial charge in [0.05, 0.1) is 0 Å². The highest BCUT2D eigenvalue weighted by Crippen LogP contribution is 2.48. The summed E-state index contributed by atoms with van der Waals surface area (Å²) in [6.07, 6.45) is 4.95. The molecular formula is C11H14ClFN2. The van der Waals surface area contributed by atoms with Crippen LogP contribution in [0.15, 0.2) is 18.3 Å². The predicted octanol–water partition coefficient (Wildman–Crippen LogP) is 3.04. The van der Waals surface area contributed by atoms with E-state index in [0.29, 0.717) is 17.1 Å². The maximum Gasteiger partial charge on any atom is 0.165 e. The van der Waals surface area contributed by atoms with Crippen molar-refractivity contribution in [1.29, 1.82) is 0 Å². The van der Waals surface area contributed by atoms with Gasteiger partial charge in [0.25, 0.3) is 0 Å². The second-order valence-corrected chi connectivity index (χ2v) is 4.50. The van der Waals surface area contributed by atoms with Gasteiger partial charge in [-0.2, -0.15) is 0 Å². The lowest BCUT2D eigenvalue weighted by molar-refractivity contribution is 0.520. The number of hydrogen-bond acceptors (Lipinski definition) is 2. The standard InChI is InChI=1S/C11H14ClFN2/c12-6-5-11(3-4-11)8-15-10-9(13)2-1-7-14-10/h1-2,7H,3-6,8H2,(H,14,15). The summed E-state index contributed by atoms with van der Waals surface area (Å²) >= 11 is 5.72. The van der Waals surface area contributed by atoms with Gasteiger partial charge in [-0.25, -0.2) is 9.37 Å². The van der Waals surface area contributed by atoms with Crippen LogP contribution in [-0.4, -0.2) is 17.4 Å². The fourth-order valence-electron chi connectivity index (χ4n) is 1.68. The van der Waals surface area contributed by atoms with Crippen molar-refractivity contribution in [2.75, 3.05) is 17.7 Å². The van der Waals surface area contributed by atoms with E-state index in [1.807, 2.05) is 0 Å². The molecule has 1 aliphatic rings. The Hall–Kier alpha value is -0.830. The molecular weight excluding hydrogens is 215 g/mol. The van der Waals surface area contributed by atoms with Crippen molar-refractivity contribution in [2.45, 2.75) is 19.3 Å². The maximum atomic E-state index is 13.2. The first kappa shape index (κ1) is 10.7. The Balaban J connectivity index is 1.91. The van der Waals surface area contributed by atoms with E-state index in [2.05, 4.69) is 10.3 Å². The zero-order valence-electron chi connectivity index (χ0n) is 8.47. The Bertz CT molecular complexity index is 339. The zero-order valence-corrected chi connectivity index (χ0v) is 9.23. The average molecular weight is 229 g/mol. The Kier molecular flexibility index (Phi) is 3.10. The van der Waals surface area contributed by atoms with E-state index in [-0.39, 0.29) is 5.82 Å². The van der Waals surface area contributed by atoms with Crippen LogP contribution >= 0.6 is 11.6 Å². The number of nitrogens with zero attached hydrogens (tertiary/aromatic N) is 1. The maximum absolute atomic E-state index is 13.2. The molecule has 0 radical (unpaired) electrons. The molecule has 2 nitrogen and oxygen atoms in total. The van der Waals surface area contributed by atoms with Gasteiger partial charge in [-0.05, 0) is 36.8 Å². The molecule has 4 heteroatoms. The van der Waals surface area contributed by atoms with Crippen molar-refractivity contribution < 1.29 is 4.39 Å². The molecule has 1 heterocycles. The summed E-state index contributed by atoms with van der Waals surface area (Å²) in [5.74, 6) is 0.726. The van der Waals surface area contributed by atoms with Gasteiger partial charge in [0.15, 0.2) is 11.6 Å². The van der Waals surface area contributed by atoms with E-state index in [1.54, 1.807) is 12.3 Å². The number of pyridine rings is 1. The van der Waals surface area contributed by atoms with Crippen LogP contribution in [0.5, 0.6) is 0 Å². The molecule has 1 fully saturated rings. The normalized spacial score (nSPS) is 17.5. The number of aromatic nitrogens is 1. The van der Waals surface area contributed by atoms with Crippen LogP contribution in [0, 0.1) is 11.2 Å². The monoisotopic (exact) mass is 228 g/mol. The van der Waals surface area contributed by atoms with Crippen molar-refractivity contribution in [3.8, 4) is 0 Å². The van der Waals surface area contributed by atoms with Crippen LogP contribution in [0.2, 0.25) is 0 Å². The molecule has 0 saturated heterocycles. The molecule has 1 aromatic heterocycles. The summed E-state index contributed by atoms with van der Waals surface area (Å²) in [6.45, 7) is 0.771. The van der Waals surface area contributed by atoms with Crippen molar-refractivity contribution in [2.24, 2.45) is 5.41 Å². The number of halogens is 2. The van der Waals surface area contributed by atoms with Crippen LogP contribution in [-0.2, 0) is 0 Å². The fraction of sp³-hybridized carbons (Fsp3) is 0.545. The lowest BCUT2D eigenvalue weighted by atomic mass is 10.0. The highest BCUT2D eigenvalue weighted by molar-refractivity contribution is 6.17. The number of rotatable bonds is 5. The van der Waals surface area contributed by atoms with Crippen LogP contribution in [0.4, 0.5) is 10.2 Å². The van der Waals surface area contributed by atoms with Gasteiger partial charge in [-0.1, -0.05) is 0 Å². The second-order valence-electron chi connectivity index (χ2n) is 4.13. The van der Waals surface area contributed by atoms with Crippen molar-refractivity contribution in [1.82, 2.24) is 4.98 Å². The van der Waals surface area contributed by atoms with Gasteiger partial charge in [-0.3, -0.25) is 0 Å². The molecule has 1 N–H and O–H groups in total. The fourth-order valence-corrected chi connectivity index (χ4v) is 2.08. The molecule has 15 heavy (non-hydrogen) atoms. The van der Waals surface area contributed by atoms with Crippen LogP contribution in [0.25, 0.3) is 0 Å². The number of anilines is 1. The van der Waals surface area contributed by atoms with Gasteiger partial charge in [-0.15, -0.1) is 11.6 Å². The van der Waals surface area contributed by atoms with Crippen molar-refractivity contribution in [3.63, 3.8) is 0 Å². The molecule has 0 amide bonds. The third-order valence-electron chi connectivity index (χ3n) is 2.97. The first-order valence-electron chi connectivity index (χ1n) is 5.16. The lowest BCUT2D eigenvalue weighted by Crippen LogP contribution is -2.17. The van der Waals surface area contributed by atoms with Gasteiger partial charge in [0.2, 0.25) is 0 Å². The van der Waals surface area contributed by atoms with E-state index < -0.39 is 0 Å². The predicted molar refractivity (Wildman–Crippen MR) is 59.7 cm³/mol. The van der Waals surface area contributed by atoms with E-state index in [9.17, 15) is 4.39 Å². The highest BCUT2D eigenvalue weighted by Gasteiger charge is 2.41. The van der Waals surface area contributed by atoms with Crippen LogP contribution in [0.3, 0.4) is 0 Å². The topological polar surface area (TPSA) is 24.9 Å². The Labute approximate surface area is 93.9 Å². The summed E-state index contributed by atoms with van der Waals surface area (Å²) in [7, 11) is 0. The molecule has 0 atom stereocenters. The molecule has 82 valence electrons. The minimum Gasteiger partial charge on any atom is -0.367 e. The summed E-state index contributed by atoms with van der Waals surface area (Å²) in [4.78, 5) is 3.95. The van der Waals surface area contributed by atoms with E-state index in [0.717, 1.165) is 13.0 Å². The van der Waals surface area contributed by atoms with Gasteiger partial charge in [0.1, 0.15) is 0 Å². The Morgan fingerprint density at radius 3 is 2.93 bits per heavy atom. The van der Waals surface area contributed by atoms with Crippen LogP contribution < -0.4 is 5.32 Å². The van der Waals surface area contributed by atoms with E-state index >= 15 is 0 Å². The quantitative estimate of drug-likeness (QED) is 0.784. The minimum absolute atomic E-state index is 0.292. The molecule has 0 unspecified atom stereocenters. The van der Waals surface area contributed by atoms with Gasteiger partial charge in [0, 0.05) is 18.6 Å². The first-order valence-corrected chi connectivity index (χ1v) is 5.70. The molecule has 0 aromatic carbocycles. The Morgan fingerprint density at radius 2 is 2.33 bits per heavy atom. The summed E-state index contributed by atoms with van der Waals surface area (Å²) < 4.78 is 13.2. The summed E-state index contributed by atoms with van der Waals surface area (Å²) in [5.41, 5.74) is 0.297. The zero-order chi connectivity index (χ0) is 10.7. The molecule has 1 saturated carbocycles. The summed E-state index contributed by atoms with van der Waals surface area (Å²) in [5, 5.41) is 3.06. The smallest absolute Gasteiger partial charge is 0.165 e. The highest BCUT2D eigenvalue weighted by atomic mass is 35.5. The lowest BCUT2D eigenvalue weighted by Gasteiger charge is -2.14. The number of alkyl halides is 1. The summed E-state index contributed by atoms with van der Waals surface area (Å²) in [6, 6.07) is 3.00. The molecule has 0 aliphatic heterocycles. The van der Waals surface area contributed by atoms with E-state index in [4.69, 9.17) is 11.6 Å². The van der Waals surface area contributed by atoms with Crippen LogP contribution in [0.1, 0.15) is 19.3 Å². The molecule has 1 aliphatic carbocycles. The molecule has 1 aromatic rings. The van der Waals surface area contributed by atoms with Gasteiger partial charge < -0.3 is 5.32 Å². The molecule has 0 bridgehead atoms. The largest absolute Gasteiger partial charge is 0.367 e. The average Bonchev–Trinajstić information content (AvgIpc) is 2.98. The van der Waals surface area contributed by atoms with E-state index in [1.165, 1.54) is 18.9 Å². The second kappa shape index (κ2) is 4.35. The van der Waals surface area contributed by atoms with Gasteiger partial charge >= 0.3 is 0 Å². The first-order chi connectivity index (χ1) is 7.26. The number of nitrogens with one attached hydrogen (secondary N) is 1. The molecule has 2 rings (SSSR count).